The van der Waals surface area contributed by atoms with Gasteiger partial charge >= 0.3 is 0 Å². The number of nitriles is 1. The summed E-state index contributed by atoms with van der Waals surface area (Å²) in [4.78, 5) is 4.16. The summed E-state index contributed by atoms with van der Waals surface area (Å²) in [7, 11) is 0. The van der Waals surface area contributed by atoms with Crippen LogP contribution in [-0.2, 0) is 0 Å². The van der Waals surface area contributed by atoms with E-state index in [4.69, 9.17) is 16.9 Å². The average Bonchev–Trinajstić information content (AvgIpc) is 2.64. The van der Waals surface area contributed by atoms with Gasteiger partial charge in [0.05, 0.1) is 6.20 Å². The van der Waals surface area contributed by atoms with Crippen molar-refractivity contribution in [2.24, 2.45) is 0 Å². The van der Waals surface area contributed by atoms with Gasteiger partial charge < -0.3 is 0 Å². The summed E-state index contributed by atoms with van der Waals surface area (Å²) in [5.74, 6) is 0. The molecule has 2 aromatic heterocycles. The number of nitrogens with zero attached hydrogens (tertiary/aromatic N) is 4. The highest BCUT2D eigenvalue weighted by Crippen LogP contribution is 2.14. The summed E-state index contributed by atoms with van der Waals surface area (Å²) in [6, 6.07) is 3.70. The molecule has 0 spiro atoms. The van der Waals surface area contributed by atoms with E-state index in [1.807, 2.05) is 26.8 Å². The van der Waals surface area contributed by atoms with Gasteiger partial charge in [-0.2, -0.15) is 10.4 Å². The largest absolute Gasteiger partial charge is 0.233 e. The van der Waals surface area contributed by atoms with Crippen molar-refractivity contribution in [1.29, 1.82) is 5.26 Å². The maximum Gasteiger partial charge on any atom is 0.174 e. The molecule has 0 aromatic carbocycles. The van der Waals surface area contributed by atoms with Crippen LogP contribution in [-0.4, -0.2) is 14.6 Å². The van der Waals surface area contributed by atoms with Crippen molar-refractivity contribution in [2.75, 3.05) is 0 Å². The van der Waals surface area contributed by atoms with Crippen molar-refractivity contribution >= 4 is 17.2 Å². The van der Waals surface area contributed by atoms with Crippen LogP contribution < -0.4 is 0 Å². The summed E-state index contributed by atoms with van der Waals surface area (Å²) < 4.78 is 1.44. The van der Waals surface area contributed by atoms with E-state index in [-0.39, 0.29) is 0 Å². The Hall–Kier alpha value is -1.60. The van der Waals surface area contributed by atoms with Crippen molar-refractivity contribution in [3.8, 4) is 6.07 Å². The molecule has 0 saturated carbocycles. The number of fused-ring (bicyclic) bond motifs is 1. The molecular weight excluding hydrogens is 212 g/mol. The minimum absolute atomic E-state index is 0.436. The second kappa shape index (κ2) is 4.76. The van der Waals surface area contributed by atoms with Crippen LogP contribution in [0, 0.1) is 18.3 Å². The number of hydrogen-bond donors (Lipinski definition) is 0. The molecule has 2 aromatic rings. The molecule has 0 fully saturated rings. The second-order valence-electron chi connectivity index (χ2n) is 2.63. The maximum atomic E-state index is 8.72. The van der Waals surface area contributed by atoms with E-state index in [9.17, 15) is 0 Å². The second-order valence-corrected chi connectivity index (χ2v) is 3.01. The lowest BCUT2D eigenvalue weighted by Crippen LogP contribution is -1.94. The first-order chi connectivity index (χ1) is 7.22. The van der Waals surface area contributed by atoms with E-state index in [0.29, 0.717) is 16.4 Å². The molecule has 0 saturated heterocycles. The fourth-order valence-corrected chi connectivity index (χ4v) is 1.40. The van der Waals surface area contributed by atoms with Gasteiger partial charge in [-0.25, -0.2) is 9.50 Å². The molecule has 0 radical (unpaired) electrons. The average molecular weight is 223 g/mol. The predicted octanol–water partition coefficient (Wildman–Crippen LogP) is 2.59. The van der Waals surface area contributed by atoms with Crippen LogP contribution in [0.3, 0.4) is 0 Å². The predicted molar refractivity (Wildman–Crippen MR) is 58.8 cm³/mol. The molecule has 0 amide bonds. The van der Waals surface area contributed by atoms with Gasteiger partial charge in [-0.3, -0.25) is 0 Å². The quantitative estimate of drug-likeness (QED) is 0.644. The molecule has 4 nitrogen and oxygen atoms in total. The van der Waals surface area contributed by atoms with E-state index in [1.54, 1.807) is 6.07 Å². The van der Waals surface area contributed by atoms with Crippen LogP contribution in [0.15, 0.2) is 12.3 Å². The third kappa shape index (κ3) is 2.08. The van der Waals surface area contributed by atoms with Crippen molar-refractivity contribution in [3.05, 3.63) is 28.7 Å². The smallest absolute Gasteiger partial charge is 0.174 e. The van der Waals surface area contributed by atoms with Crippen molar-refractivity contribution in [3.63, 3.8) is 0 Å². The van der Waals surface area contributed by atoms with Crippen molar-refractivity contribution in [1.82, 2.24) is 14.6 Å². The Labute approximate surface area is 93.1 Å². The number of halogens is 1. The minimum atomic E-state index is 0.436. The van der Waals surface area contributed by atoms with E-state index in [0.717, 1.165) is 5.69 Å². The normalized spacial score (nSPS) is 9.27. The SMILES string of the molecule is CC.Cc1cc(Cl)n2ncc(C#N)c2n1. The van der Waals surface area contributed by atoms with Gasteiger partial charge in [-0.1, -0.05) is 25.4 Å². The lowest BCUT2D eigenvalue weighted by Gasteiger charge is -1.97. The zero-order valence-electron chi connectivity index (χ0n) is 8.82. The Balaban J connectivity index is 0.000000531. The van der Waals surface area contributed by atoms with E-state index >= 15 is 0 Å². The Morgan fingerprint density at radius 2 is 2.13 bits per heavy atom. The van der Waals surface area contributed by atoms with Crippen LogP contribution in [0.2, 0.25) is 5.15 Å². The first-order valence-corrected chi connectivity index (χ1v) is 5.01. The van der Waals surface area contributed by atoms with Crippen LogP contribution in [0.1, 0.15) is 25.1 Å². The molecule has 0 unspecified atom stereocenters. The highest BCUT2D eigenvalue weighted by Gasteiger charge is 2.07. The Morgan fingerprint density at radius 3 is 2.73 bits per heavy atom. The first-order valence-electron chi connectivity index (χ1n) is 4.63. The van der Waals surface area contributed by atoms with Crippen LogP contribution >= 0.6 is 11.6 Å². The zero-order chi connectivity index (χ0) is 11.4. The van der Waals surface area contributed by atoms with Gasteiger partial charge in [0.25, 0.3) is 0 Å². The van der Waals surface area contributed by atoms with E-state index in [1.165, 1.54) is 10.7 Å². The monoisotopic (exact) mass is 222 g/mol. The molecule has 0 bridgehead atoms. The molecule has 78 valence electrons. The summed E-state index contributed by atoms with van der Waals surface area (Å²) in [6.07, 6.45) is 1.45. The van der Waals surface area contributed by atoms with Gasteiger partial charge in [0.1, 0.15) is 16.8 Å². The summed E-state index contributed by atoms with van der Waals surface area (Å²) >= 11 is 5.88. The highest BCUT2D eigenvalue weighted by atomic mass is 35.5. The van der Waals surface area contributed by atoms with Crippen LogP contribution in [0.25, 0.3) is 5.65 Å². The zero-order valence-corrected chi connectivity index (χ0v) is 9.58. The molecule has 0 aliphatic heterocycles. The maximum absolute atomic E-state index is 8.72. The van der Waals surface area contributed by atoms with Gasteiger partial charge in [-0.05, 0) is 13.0 Å². The molecule has 0 N–H and O–H groups in total. The van der Waals surface area contributed by atoms with Gasteiger partial charge in [0.15, 0.2) is 5.65 Å². The molecule has 0 atom stereocenters. The summed E-state index contributed by atoms with van der Waals surface area (Å²) in [5, 5.41) is 13.1. The van der Waals surface area contributed by atoms with E-state index < -0.39 is 0 Å². The minimum Gasteiger partial charge on any atom is -0.233 e. The van der Waals surface area contributed by atoms with E-state index in [2.05, 4.69) is 10.1 Å². The molecule has 15 heavy (non-hydrogen) atoms. The Morgan fingerprint density at radius 1 is 1.47 bits per heavy atom. The number of aryl methyl sites for hydroxylation is 1. The van der Waals surface area contributed by atoms with Crippen LogP contribution in [0.5, 0.6) is 0 Å². The molecule has 2 rings (SSSR count). The van der Waals surface area contributed by atoms with Gasteiger partial charge in [0, 0.05) is 5.69 Å². The Kier molecular flexibility index (Phi) is 3.64. The fraction of sp³-hybridized carbons (Fsp3) is 0.300. The summed E-state index contributed by atoms with van der Waals surface area (Å²) in [6.45, 7) is 5.82. The first kappa shape index (κ1) is 11.5. The number of hydrogen-bond acceptors (Lipinski definition) is 3. The molecular formula is C10H11ClN4. The van der Waals surface area contributed by atoms with Crippen molar-refractivity contribution in [2.45, 2.75) is 20.8 Å². The lowest BCUT2D eigenvalue weighted by atomic mass is 10.3. The topological polar surface area (TPSA) is 54.0 Å². The highest BCUT2D eigenvalue weighted by molar-refractivity contribution is 6.29. The third-order valence-corrected chi connectivity index (χ3v) is 1.95. The standard InChI is InChI=1S/C8H5ClN4.C2H6/c1-5-2-7(9)13-8(12-5)6(3-10)4-11-13;1-2/h2,4H,1H3;1-2H3. The van der Waals surface area contributed by atoms with Gasteiger partial charge in [-0.15, -0.1) is 0 Å². The number of rotatable bonds is 0. The summed E-state index contributed by atoms with van der Waals surface area (Å²) in [5.41, 5.74) is 1.72. The van der Waals surface area contributed by atoms with Crippen molar-refractivity contribution < 1.29 is 0 Å². The molecule has 2 heterocycles. The third-order valence-electron chi connectivity index (χ3n) is 1.68. The van der Waals surface area contributed by atoms with Crippen LogP contribution in [0.4, 0.5) is 0 Å². The molecule has 0 aliphatic carbocycles. The Bertz CT molecular complexity index is 510. The molecule has 5 heteroatoms. The number of aromatic nitrogens is 3. The fourth-order valence-electron chi connectivity index (χ4n) is 1.12. The molecule has 0 aliphatic rings. The van der Waals surface area contributed by atoms with Gasteiger partial charge in [0.2, 0.25) is 0 Å². The lowest BCUT2D eigenvalue weighted by molar-refractivity contribution is 0.930.